The first-order valence-corrected chi connectivity index (χ1v) is 6.82. The van der Waals surface area contributed by atoms with Crippen LogP contribution in [0.1, 0.15) is 44.6 Å². The first-order chi connectivity index (χ1) is 9.09. The van der Waals surface area contributed by atoms with Crippen LogP contribution in [0.5, 0.6) is 0 Å². The highest BCUT2D eigenvalue weighted by atomic mass is 16.5. The lowest BCUT2D eigenvalue weighted by Gasteiger charge is -2.20. The molecule has 0 radical (unpaired) electrons. The number of esters is 1. The van der Waals surface area contributed by atoms with Crippen molar-refractivity contribution in [2.75, 3.05) is 6.61 Å². The number of Topliss-reactive ketones (excluding diaryl/α,β-unsaturated/α-hetero) is 1. The third-order valence-electron chi connectivity index (χ3n) is 3.85. The van der Waals surface area contributed by atoms with Gasteiger partial charge in [-0.05, 0) is 38.7 Å². The quantitative estimate of drug-likeness (QED) is 0.738. The Morgan fingerprint density at radius 3 is 2.37 bits per heavy atom. The average molecular weight is 260 g/mol. The Bertz CT molecular complexity index is 460. The number of ketones is 1. The molecule has 1 fully saturated rings. The fraction of sp³-hybridized carbons (Fsp3) is 0.500. The molecule has 19 heavy (non-hydrogen) atoms. The molecule has 0 bridgehead atoms. The molecule has 1 aliphatic carbocycles. The topological polar surface area (TPSA) is 43.4 Å². The van der Waals surface area contributed by atoms with Crippen LogP contribution in [0.4, 0.5) is 0 Å². The standard InChI is InChI=1S/C16H20O3/c1-3-19-15(18)16(9-10-16)11-14(12(2)17)13-7-5-4-6-8-13/h4-8,14H,3,9-11H2,1-2H3. The van der Waals surface area contributed by atoms with Crippen molar-refractivity contribution in [2.24, 2.45) is 5.41 Å². The van der Waals surface area contributed by atoms with E-state index in [4.69, 9.17) is 4.74 Å². The normalized spacial score (nSPS) is 17.6. The van der Waals surface area contributed by atoms with Gasteiger partial charge in [-0.3, -0.25) is 9.59 Å². The molecule has 0 spiro atoms. The molecule has 3 nitrogen and oxygen atoms in total. The maximum atomic E-state index is 12.0. The molecule has 1 aromatic rings. The van der Waals surface area contributed by atoms with E-state index in [0.717, 1.165) is 18.4 Å². The molecule has 1 saturated carbocycles. The first kappa shape index (κ1) is 13.8. The van der Waals surface area contributed by atoms with Gasteiger partial charge in [0.25, 0.3) is 0 Å². The fourth-order valence-corrected chi connectivity index (χ4v) is 2.50. The summed E-state index contributed by atoms with van der Waals surface area (Å²) in [5, 5.41) is 0. The summed E-state index contributed by atoms with van der Waals surface area (Å²) in [5.74, 6) is -0.230. The van der Waals surface area contributed by atoms with E-state index in [2.05, 4.69) is 0 Å². The Morgan fingerprint density at radius 1 is 1.26 bits per heavy atom. The van der Waals surface area contributed by atoms with Crippen molar-refractivity contribution in [3.8, 4) is 0 Å². The van der Waals surface area contributed by atoms with Crippen LogP contribution in [0.15, 0.2) is 30.3 Å². The first-order valence-electron chi connectivity index (χ1n) is 6.82. The fourth-order valence-electron chi connectivity index (χ4n) is 2.50. The number of ether oxygens (including phenoxy) is 1. The van der Waals surface area contributed by atoms with Crippen LogP contribution in [-0.4, -0.2) is 18.4 Å². The molecular formula is C16H20O3. The van der Waals surface area contributed by atoms with Gasteiger partial charge in [-0.25, -0.2) is 0 Å². The van der Waals surface area contributed by atoms with Crippen molar-refractivity contribution < 1.29 is 14.3 Å². The summed E-state index contributed by atoms with van der Waals surface area (Å²) in [6, 6.07) is 9.68. The monoisotopic (exact) mass is 260 g/mol. The van der Waals surface area contributed by atoms with Crippen LogP contribution in [-0.2, 0) is 14.3 Å². The molecule has 0 aromatic heterocycles. The van der Waals surface area contributed by atoms with Crippen LogP contribution >= 0.6 is 0 Å². The molecule has 2 rings (SSSR count). The zero-order chi connectivity index (χ0) is 13.9. The van der Waals surface area contributed by atoms with Crippen molar-refractivity contribution in [1.29, 1.82) is 0 Å². The minimum atomic E-state index is -0.414. The second kappa shape index (κ2) is 5.55. The van der Waals surface area contributed by atoms with Gasteiger partial charge in [0.05, 0.1) is 12.0 Å². The summed E-state index contributed by atoms with van der Waals surface area (Å²) in [6.45, 7) is 3.81. The van der Waals surface area contributed by atoms with E-state index in [9.17, 15) is 9.59 Å². The number of rotatable bonds is 6. The Morgan fingerprint density at radius 2 is 1.89 bits per heavy atom. The Kier molecular flexibility index (Phi) is 4.03. The van der Waals surface area contributed by atoms with E-state index >= 15 is 0 Å². The summed E-state index contributed by atoms with van der Waals surface area (Å²) in [6.07, 6.45) is 2.25. The van der Waals surface area contributed by atoms with Crippen LogP contribution in [0.2, 0.25) is 0 Å². The highest BCUT2D eigenvalue weighted by Gasteiger charge is 2.52. The molecule has 1 atom stereocenters. The van der Waals surface area contributed by atoms with Gasteiger partial charge in [0, 0.05) is 5.92 Å². The molecule has 0 N–H and O–H groups in total. The maximum Gasteiger partial charge on any atom is 0.312 e. The molecular weight excluding hydrogens is 240 g/mol. The van der Waals surface area contributed by atoms with Crippen LogP contribution in [0, 0.1) is 5.41 Å². The van der Waals surface area contributed by atoms with Gasteiger partial charge in [-0.15, -0.1) is 0 Å². The van der Waals surface area contributed by atoms with Crippen molar-refractivity contribution in [3.63, 3.8) is 0 Å². The summed E-state index contributed by atoms with van der Waals surface area (Å²) in [4.78, 5) is 23.9. The van der Waals surface area contributed by atoms with E-state index in [-0.39, 0.29) is 17.7 Å². The lowest BCUT2D eigenvalue weighted by atomic mass is 9.84. The van der Waals surface area contributed by atoms with E-state index in [1.54, 1.807) is 6.92 Å². The van der Waals surface area contributed by atoms with Crippen molar-refractivity contribution in [1.82, 2.24) is 0 Å². The van der Waals surface area contributed by atoms with Crippen molar-refractivity contribution in [3.05, 3.63) is 35.9 Å². The third-order valence-corrected chi connectivity index (χ3v) is 3.85. The minimum absolute atomic E-state index is 0.113. The van der Waals surface area contributed by atoms with Crippen LogP contribution in [0.3, 0.4) is 0 Å². The Balaban J connectivity index is 2.15. The van der Waals surface area contributed by atoms with E-state index in [0.29, 0.717) is 13.0 Å². The molecule has 1 aliphatic rings. The van der Waals surface area contributed by atoms with Gasteiger partial charge in [0.2, 0.25) is 0 Å². The van der Waals surface area contributed by atoms with Crippen molar-refractivity contribution in [2.45, 2.75) is 39.0 Å². The Labute approximate surface area is 114 Å². The second-order valence-electron chi connectivity index (χ2n) is 5.28. The third kappa shape index (κ3) is 3.03. The second-order valence-corrected chi connectivity index (χ2v) is 5.28. The largest absolute Gasteiger partial charge is 0.466 e. The van der Waals surface area contributed by atoms with Crippen molar-refractivity contribution >= 4 is 11.8 Å². The number of hydrogen-bond acceptors (Lipinski definition) is 3. The Hall–Kier alpha value is -1.64. The SMILES string of the molecule is CCOC(=O)C1(CC(C(C)=O)c2ccccc2)CC1. The molecule has 3 heteroatoms. The molecule has 1 unspecified atom stereocenters. The van der Waals surface area contributed by atoms with Gasteiger partial charge in [0.15, 0.2) is 0 Å². The summed E-state index contributed by atoms with van der Waals surface area (Å²) in [7, 11) is 0. The zero-order valence-corrected chi connectivity index (χ0v) is 11.5. The highest BCUT2D eigenvalue weighted by Crippen LogP contribution is 2.53. The van der Waals surface area contributed by atoms with E-state index in [1.165, 1.54) is 0 Å². The number of carbonyl (C=O) groups excluding carboxylic acids is 2. The van der Waals surface area contributed by atoms with E-state index in [1.807, 2.05) is 37.3 Å². The van der Waals surface area contributed by atoms with Gasteiger partial charge in [-0.1, -0.05) is 30.3 Å². The predicted octanol–water partition coefficient (Wildman–Crippen LogP) is 3.09. The molecule has 0 amide bonds. The van der Waals surface area contributed by atoms with E-state index < -0.39 is 5.41 Å². The molecule has 0 saturated heterocycles. The summed E-state index contributed by atoms with van der Waals surface area (Å²) in [5.41, 5.74) is 0.577. The number of benzene rings is 1. The summed E-state index contributed by atoms with van der Waals surface area (Å²) < 4.78 is 5.14. The van der Waals surface area contributed by atoms with Gasteiger partial charge in [-0.2, -0.15) is 0 Å². The number of carbonyl (C=O) groups is 2. The maximum absolute atomic E-state index is 12.0. The van der Waals surface area contributed by atoms with Gasteiger partial charge >= 0.3 is 5.97 Å². The lowest BCUT2D eigenvalue weighted by Crippen LogP contribution is -2.24. The molecule has 1 aromatic carbocycles. The summed E-state index contributed by atoms with van der Waals surface area (Å²) >= 11 is 0. The predicted molar refractivity (Wildman–Crippen MR) is 72.8 cm³/mol. The zero-order valence-electron chi connectivity index (χ0n) is 11.5. The minimum Gasteiger partial charge on any atom is -0.466 e. The van der Waals surface area contributed by atoms with Crippen LogP contribution < -0.4 is 0 Å². The average Bonchev–Trinajstić information content (AvgIpc) is 3.18. The molecule has 102 valence electrons. The molecule has 0 heterocycles. The van der Waals surface area contributed by atoms with Gasteiger partial charge in [0.1, 0.15) is 5.78 Å². The van der Waals surface area contributed by atoms with Gasteiger partial charge < -0.3 is 4.74 Å². The lowest BCUT2D eigenvalue weighted by molar-refractivity contribution is -0.150. The molecule has 0 aliphatic heterocycles. The highest BCUT2D eigenvalue weighted by molar-refractivity contribution is 5.86. The van der Waals surface area contributed by atoms with Crippen LogP contribution in [0.25, 0.3) is 0 Å². The number of hydrogen-bond donors (Lipinski definition) is 0. The smallest absolute Gasteiger partial charge is 0.312 e.